The summed E-state index contributed by atoms with van der Waals surface area (Å²) < 4.78 is 5.76. The minimum absolute atomic E-state index is 0.458. The van der Waals surface area contributed by atoms with Crippen LogP contribution in [0.4, 0.5) is 5.69 Å². The lowest BCUT2D eigenvalue weighted by Gasteiger charge is -2.20. The minimum Gasteiger partial charge on any atom is -0.494 e. The zero-order chi connectivity index (χ0) is 13.9. The molecule has 1 aromatic carbocycles. The Kier molecular flexibility index (Phi) is 3.81. The second-order valence-corrected chi connectivity index (χ2v) is 5.67. The average Bonchev–Trinajstić information content (AvgIpc) is 3.13. The van der Waals surface area contributed by atoms with Crippen molar-refractivity contribution < 1.29 is 4.74 Å². The zero-order valence-electron chi connectivity index (χ0n) is 12.1. The first-order valence-electron chi connectivity index (χ1n) is 7.69. The Morgan fingerprint density at radius 3 is 2.00 bits per heavy atom. The molecule has 0 fully saturated rings. The summed E-state index contributed by atoms with van der Waals surface area (Å²) in [7, 11) is 0. The fraction of sp³-hybridized carbons (Fsp3) is 0.444. The van der Waals surface area contributed by atoms with E-state index in [1.807, 2.05) is 6.92 Å². The Morgan fingerprint density at radius 1 is 1.05 bits per heavy atom. The van der Waals surface area contributed by atoms with Gasteiger partial charge in [-0.05, 0) is 55.9 Å². The molecule has 0 bridgehead atoms. The van der Waals surface area contributed by atoms with Gasteiger partial charge in [0.2, 0.25) is 0 Å². The second-order valence-electron chi connectivity index (χ2n) is 5.67. The highest BCUT2D eigenvalue weighted by Crippen LogP contribution is 2.41. The molecule has 0 spiro atoms. The van der Waals surface area contributed by atoms with E-state index in [-0.39, 0.29) is 0 Å². The smallest absolute Gasteiger partial charge is 0.120 e. The summed E-state index contributed by atoms with van der Waals surface area (Å²) in [6.07, 6.45) is 13.7. The van der Waals surface area contributed by atoms with E-state index in [0.29, 0.717) is 18.4 Å². The van der Waals surface area contributed by atoms with Crippen LogP contribution < -0.4 is 10.5 Å². The van der Waals surface area contributed by atoms with E-state index in [9.17, 15) is 0 Å². The number of nitrogen functional groups attached to an aromatic ring is 1. The summed E-state index contributed by atoms with van der Waals surface area (Å²) in [6, 6.07) is 4.28. The van der Waals surface area contributed by atoms with Crippen molar-refractivity contribution in [1.82, 2.24) is 0 Å². The molecule has 0 saturated carbocycles. The van der Waals surface area contributed by atoms with Crippen molar-refractivity contribution in [3.8, 4) is 5.75 Å². The Labute approximate surface area is 121 Å². The van der Waals surface area contributed by atoms with Gasteiger partial charge in [0.1, 0.15) is 5.75 Å². The molecule has 0 aliphatic heterocycles. The van der Waals surface area contributed by atoms with Gasteiger partial charge in [-0.15, -0.1) is 0 Å². The first kappa shape index (κ1) is 13.3. The number of nitrogens with two attached hydrogens (primary N) is 1. The summed E-state index contributed by atoms with van der Waals surface area (Å²) in [6.45, 7) is 2.73. The number of benzene rings is 1. The third kappa shape index (κ3) is 2.47. The quantitative estimate of drug-likeness (QED) is 0.643. The summed E-state index contributed by atoms with van der Waals surface area (Å²) in [5, 5.41) is 0. The van der Waals surface area contributed by atoms with E-state index in [4.69, 9.17) is 10.5 Å². The van der Waals surface area contributed by atoms with Crippen LogP contribution in [0.1, 0.15) is 55.6 Å². The first-order valence-corrected chi connectivity index (χ1v) is 7.69. The molecule has 2 nitrogen and oxygen atoms in total. The molecular formula is C18H23NO. The molecule has 20 heavy (non-hydrogen) atoms. The fourth-order valence-corrected chi connectivity index (χ4v) is 3.32. The van der Waals surface area contributed by atoms with Crippen LogP contribution in [0, 0.1) is 0 Å². The lowest BCUT2D eigenvalue weighted by atomic mass is 9.89. The normalized spacial score (nSPS) is 24.4. The molecule has 106 valence electrons. The van der Waals surface area contributed by atoms with Crippen molar-refractivity contribution in [3.63, 3.8) is 0 Å². The van der Waals surface area contributed by atoms with Gasteiger partial charge in [-0.2, -0.15) is 0 Å². The van der Waals surface area contributed by atoms with E-state index in [0.717, 1.165) is 24.3 Å². The number of anilines is 1. The van der Waals surface area contributed by atoms with Crippen LogP contribution in [-0.4, -0.2) is 6.61 Å². The number of ether oxygens (including phenoxy) is 1. The van der Waals surface area contributed by atoms with Crippen molar-refractivity contribution in [3.05, 3.63) is 47.6 Å². The van der Waals surface area contributed by atoms with Crippen LogP contribution >= 0.6 is 0 Å². The van der Waals surface area contributed by atoms with Gasteiger partial charge in [-0.1, -0.05) is 24.3 Å². The summed E-state index contributed by atoms with van der Waals surface area (Å²) in [5.41, 5.74) is 9.96. The van der Waals surface area contributed by atoms with Crippen molar-refractivity contribution >= 4 is 5.69 Å². The van der Waals surface area contributed by atoms with Crippen LogP contribution in [0.25, 0.3) is 0 Å². The Hall–Kier alpha value is -1.70. The fourth-order valence-electron chi connectivity index (χ4n) is 3.32. The second kappa shape index (κ2) is 5.74. The van der Waals surface area contributed by atoms with Gasteiger partial charge >= 0.3 is 0 Å². The van der Waals surface area contributed by atoms with Crippen LogP contribution in [0.15, 0.2) is 36.4 Å². The van der Waals surface area contributed by atoms with Crippen molar-refractivity contribution in [2.24, 2.45) is 0 Å². The van der Waals surface area contributed by atoms with Crippen molar-refractivity contribution in [2.45, 2.75) is 44.4 Å². The molecule has 0 aromatic heterocycles. The molecule has 2 N–H and O–H groups in total. The Balaban J connectivity index is 2.03. The van der Waals surface area contributed by atoms with Crippen LogP contribution in [-0.2, 0) is 0 Å². The number of rotatable bonds is 4. The highest BCUT2D eigenvalue weighted by Gasteiger charge is 2.22. The Bertz CT molecular complexity index is 501. The van der Waals surface area contributed by atoms with Gasteiger partial charge in [0, 0.05) is 17.5 Å². The van der Waals surface area contributed by atoms with Crippen molar-refractivity contribution in [2.75, 3.05) is 12.3 Å². The van der Waals surface area contributed by atoms with E-state index in [1.54, 1.807) is 0 Å². The summed E-state index contributed by atoms with van der Waals surface area (Å²) >= 11 is 0. The highest BCUT2D eigenvalue weighted by molar-refractivity contribution is 5.62. The molecule has 0 saturated heterocycles. The standard InChI is InChI=1S/C18H23NO/c1-2-20-15-11-16(13-7-3-4-8-13)18(19)17(12-15)14-9-5-6-10-14/h3,5,7,9,11-14H,2,4,6,8,10,19H2,1H3. The first-order chi connectivity index (χ1) is 9.79. The van der Waals surface area contributed by atoms with Gasteiger partial charge in [-0.3, -0.25) is 0 Å². The molecule has 0 radical (unpaired) electrons. The molecule has 1 aromatic rings. The SMILES string of the molecule is CCOc1cc(C2C=CCC2)c(N)c(C2C=CCC2)c1. The molecule has 0 heterocycles. The largest absolute Gasteiger partial charge is 0.494 e. The molecule has 2 heteroatoms. The van der Waals surface area contributed by atoms with E-state index in [2.05, 4.69) is 36.4 Å². The zero-order valence-corrected chi connectivity index (χ0v) is 12.1. The lowest BCUT2D eigenvalue weighted by Crippen LogP contribution is -2.06. The van der Waals surface area contributed by atoms with Gasteiger partial charge < -0.3 is 10.5 Å². The summed E-state index contributed by atoms with van der Waals surface area (Å²) in [5.74, 6) is 1.88. The number of allylic oxidation sites excluding steroid dienone is 4. The monoisotopic (exact) mass is 269 g/mol. The third-order valence-electron chi connectivity index (χ3n) is 4.35. The molecule has 3 rings (SSSR count). The molecule has 2 unspecified atom stereocenters. The maximum Gasteiger partial charge on any atom is 0.120 e. The van der Waals surface area contributed by atoms with E-state index < -0.39 is 0 Å². The molecular weight excluding hydrogens is 246 g/mol. The summed E-state index contributed by atoms with van der Waals surface area (Å²) in [4.78, 5) is 0. The van der Waals surface area contributed by atoms with Gasteiger partial charge in [0.05, 0.1) is 6.61 Å². The highest BCUT2D eigenvalue weighted by atomic mass is 16.5. The predicted octanol–water partition coefficient (Wildman–Crippen LogP) is 4.53. The molecule has 2 atom stereocenters. The predicted molar refractivity (Wildman–Crippen MR) is 84.3 cm³/mol. The van der Waals surface area contributed by atoms with Crippen LogP contribution in [0.5, 0.6) is 5.75 Å². The molecule has 2 aliphatic rings. The third-order valence-corrected chi connectivity index (χ3v) is 4.35. The number of hydrogen-bond acceptors (Lipinski definition) is 2. The minimum atomic E-state index is 0.458. The number of hydrogen-bond donors (Lipinski definition) is 1. The van der Waals surface area contributed by atoms with Crippen LogP contribution in [0.3, 0.4) is 0 Å². The molecule has 2 aliphatic carbocycles. The maximum absolute atomic E-state index is 6.48. The van der Waals surface area contributed by atoms with Crippen molar-refractivity contribution in [1.29, 1.82) is 0 Å². The Morgan fingerprint density at radius 2 is 1.60 bits per heavy atom. The molecule has 0 amide bonds. The van der Waals surface area contributed by atoms with Gasteiger partial charge in [-0.25, -0.2) is 0 Å². The van der Waals surface area contributed by atoms with Gasteiger partial charge in [0.15, 0.2) is 0 Å². The topological polar surface area (TPSA) is 35.2 Å². The van der Waals surface area contributed by atoms with E-state index in [1.165, 1.54) is 24.0 Å². The van der Waals surface area contributed by atoms with Gasteiger partial charge in [0.25, 0.3) is 0 Å². The maximum atomic E-state index is 6.48. The van der Waals surface area contributed by atoms with E-state index >= 15 is 0 Å². The average molecular weight is 269 g/mol. The lowest BCUT2D eigenvalue weighted by molar-refractivity contribution is 0.339. The van der Waals surface area contributed by atoms with Crippen LogP contribution in [0.2, 0.25) is 0 Å².